The zero-order valence-corrected chi connectivity index (χ0v) is 14.1. The van der Waals surface area contributed by atoms with Crippen molar-refractivity contribution in [3.8, 4) is 0 Å². The van der Waals surface area contributed by atoms with E-state index in [-0.39, 0.29) is 11.8 Å². The van der Waals surface area contributed by atoms with Crippen molar-refractivity contribution >= 4 is 17.7 Å². The molecule has 1 N–H and O–H groups in total. The Morgan fingerprint density at radius 2 is 1.96 bits per heavy atom. The maximum atomic E-state index is 12.1. The van der Waals surface area contributed by atoms with Gasteiger partial charge in [0.25, 0.3) is 0 Å². The van der Waals surface area contributed by atoms with E-state index < -0.39 is 0 Å². The van der Waals surface area contributed by atoms with Crippen molar-refractivity contribution in [1.82, 2.24) is 14.9 Å². The van der Waals surface area contributed by atoms with Gasteiger partial charge in [-0.1, -0.05) is 13.8 Å². The van der Waals surface area contributed by atoms with Crippen LogP contribution in [-0.2, 0) is 9.53 Å². The quantitative estimate of drug-likeness (QED) is 0.889. The number of amides is 1. The van der Waals surface area contributed by atoms with Crippen LogP contribution in [-0.4, -0.2) is 66.2 Å². The van der Waals surface area contributed by atoms with Crippen molar-refractivity contribution in [3.05, 3.63) is 11.8 Å². The van der Waals surface area contributed by atoms with E-state index in [0.717, 1.165) is 56.9 Å². The van der Waals surface area contributed by atoms with Gasteiger partial charge in [-0.05, 0) is 6.92 Å². The van der Waals surface area contributed by atoms with Crippen LogP contribution >= 0.6 is 0 Å². The number of aromatic nitrogens is 2. The lowest BCUT2D eigenvalue weighted by molar-refractivity contribution is -0.134. The van der Waals surface area contributed by atoms with Crippen LogP contribution in [0.5, 0.6) is 0 Å². The number of hydrogen-bond donors (Lipinski definition) is 1. The van der Waals surface area contributed by atoms with Crippen LogP contribution < -0.4 is 10.2 Å². The smallest absolute Gasteiger partial charge is 0.227 e. The molecule has 7 nitrogen and oxygen atoms in total. The zero-order chi connectivity index (χ0) is 16.4. The maximum absolute atomic E-state index is 12.1. The van der Waals surface area contributed by atoms with E-state index in [0.29, 0.717) is 6.04 Å². The fraction of sp³-hybridized carbons (Fsp3) is 0.688. The van der Waals surface area contributed by atoms with Crippen molar-refractivity contribution < 1.29 is 9.53 Å². The van der Waals surface area contributed by atoms with Crippen molar-refractivity contribution in [1.29, 1.82) is 0 Å². The average Bonchev–Trinajstić information content (AvgIpc) is 2.50. The Labute approximate surface area is 137 Å². The number of aryl methyl sites for hydroxylation is 1. The predicted octanol–water partition coefficient (Wildman–Crippen LogP) is 0.900. The van der Waals surface area contributed by atoms with Gasteiger partial charge in [-0.25, -0.2) is 4.98 Å². The lowest BCUT2D eigenvalue weighted by atomic mass is 10.1. The lowest BCUT2D eigenvalue weighted by Gasteiger charge is -2.36. The van der Waals surface area contributed by atoms with Gasteiger partial charge in [0.1, 0.15) is 5.82 Å². The van der Waals surface area contributed by atoms with E-state index in [1.54, 1.807) is 0 Å². The number of rotatable bonds is 4. The number of nitrogens with zero attached hydrogens (tertiary/aromatic N) is 4. The highest BCUT2D eigenvalue weighted by atomic mass is 16.5. The highest BCUT2D eigenvalue weighted by Gasteiger charge is 2.25. The average molecular weight is 319 g/mol. The molecule has 1 amide bonds. The first kappa shape index (κ1) is 16.0. The van der Waals surface area contributed by atoms with E-state index in [4.69, 9.17) is 4.74 Å². The fourth-order valence-electron chi connectivity index (χ4n) is 2.79. The van der Waals surface area contributed by atoms with Crippen LogP contribution in [0.1, 0.15) is 19.5 Å². The molecule has 2 saturated heterocycles. The van der Waals surface area contributed by atoms with Crippen molar-refractivity contribution in [2.24, 2.45) is 5.92 Å². The fourth-order valence-corrected chi connectivity index (χ4v) is 2.79. The van der Waals surface area contributed by atoms with E-state index in [1.165, 1.54) is 0 Å². The van der Waals surface area contributed by atoms with Gasteiger partial charge in [0, 0.05) is 43.9 Å². The molecule has 0 bridgehead atoms. The van der Waals surface area contributed by atoms with Gasteiger partial charge in [0.15, 0.2) is 0 Å². The Kier molecular flexibility index (Phi) is 4.66. The Bertz CT molecular complexity index is 566. The Balaban J connectivity index is 1.64. The van der Waals surface area contributed by atoms with Crippen LogP contribution in [0.3, 0.4) is 0 Å². The first-order valence-corrected chi connectivity index (χ1v) is 8.26. The summed E-state index contributed by atoms with van der Waals surface area (Å²) in [5, 5.41) is 3.37. The van der Waals surface area contributed by atoms with Crippen LogP contribution in [0.2, 0.25) is 0 Å². The minimum atomic E-state index is 0.0530. The molecule has 0 aliphatic carbocycles. The topological polar surface area (TPSA) is 70.6 Å². The number of piperazine rings is 1. The summed E-state index contributed by atoms with van der Waals surface area (Å²) < 4.78 is 5.18. The normalized spacial score (nSPS) is 19.0. The Hall–Kier alpha value is -1.89. The number of carbonyl (C=O) groups is 1. The standard InChI is InChI=1S/C16H25N5O2/c1-11(2)15(22)20-4-6-21(7-5-20)16-17-12(3)8-14(19-16)18-13-9-23-10-13/h8,11,13H,4-7,9-10H2,1-3H3,(H,17,18,19). The van der Waals surface area contributed by atoms with Gasteiger partial charge >= 0.3 is 0 Å². The molecule has 0 unspecified atom stereocenters. The molecule has 3 heterocycles. The molecule has 0 saturated carbocycles. The zero-order valence-electron chi connectivity index (χ0n) is 14.1. The number of hydrogen-bond acceptors (Lipinski definition) is 6. The van der Waals surface area contributed by atoms with Crippen molar-refractivity contribution in [2.75, 3.05) is 49.6 Å². The highest BCUT2D eigenvalue weighted by Crippen LogP contribution is 2.18. The molecule has 3 rings (SSSR count). The summed E-state index contributed by atoms with van der Waals surface area (Å²) in [7, 11) is 0. The molecule has 7 heteroatoms. The molecule has 1 aromatic rings. The molecule has 2 fully saturated rings. The van der Waals surface area contributed by atoms with Crippen LogP contribution in [0, 0.1) is 12.8 Å². The van der Waals surface area contributed by atoms with E-state index in [1.807, 2.05) is 31.7 Å². The number of carbonyl (C=O) groups excluding carboxylic acids is 1. The van der Waals surface area contributed by atoms with Crippen molar-refractivity contribution in [3.63, 3.8) is 0 Å². The minimum absolute atomic E-state index is 0.0530. The summed E-state index contributed by atoms with van der Waals surface area (Å²) in [6.45, 7) is 10.3. The van der Waals surface area contributed by atoms with E-state index in [2.05, 4.69) is 20.2 Å². The van der Waals surface area contributed by atoms with Gasteiger partial charge in [-0.15, -0.1) is 0 Å². The molecular weight excluding hydrogens is 294 g/mol. The summed E-state index contributed by atoms with van der Waals surface area (Å²) in [6, 6.07) is 2.30. The summed E-state index contributed by atoms with van der Waals surface area (Å²) in [4.78, 5) is 25.3. The molecule has 2 aliphatic heterocycles. The summed E-state index contributed by atoms with van der Waals surface area (Å²) in [5.41, 5.74) is 0.943. The highest BCUT2D eigenvalue weighted by molar-refractivity contribution is 5.78. The van der Waals surface area contributed by atoms with Gasteiger partial charge in [-0.3, -0.25) is 4.79 Å². The first-order chi connectivity index (χ1) is 11.0. The van der Waals surface area contributed by atoms with Gasteiger partial charge in [-0.2, -0.15) is 4.98 Å². The molecule has 0 atom stereocenters. The minimum Gasteiger partial charge on any atom is -0.377 e. The van der Waals surface area contributed by atoms with Crippen LogP contribution in [0.4, 0.5) is 11.8 Å². The van der Waals surface area contributed by atoms with Gasteiger partial charge in [0.05, 0.1) is 19.3 Å². The summed E-state index contributed by atoms with van der Waals surface area (Å²) in [6.07, 6.45) is 0. The SMILES string of the molecule is Cc1cc(NC2COC2)nc(N2CCN(C(=O)C(C)C)CC2)n1. The van der Waals surface area contributed by atoms with Crippen LogP contribution in [0.15, 0.2) is 6.07 Å². The first-order valence-electron chi connectivity index (χ1n) is 8.26. The van der Waals surface area contributed by atoms with Crippen LogP contribution in [0.25, 0.3) is 0 Å². The van der Waals surface area contributed by atoms with E-state index >= 15 is 0 Å². The number of ether oxygens (including phenoxy) is 1. The molecule has 0 radical (unpaired) electrons. The predicted molar refractivity (Wildman–Crippen MR) is 88.6 cm³/mol. The van der Waals surface area contributed by atoms with E-state index in [9.17, 15) is 4.79 Å². The second-order valence-electron chi connectivity index (χ2n) is 6.54. The summed E-state index contributed by atoms with van der Waals surface area (Å²) >= 11 is 0. The molecule has 126 valence electrons. The number of nitrogens with one attached hydrogen (secondary N) is 1. The third-order valence-electron chi connectivity index (χ3n) is 4.20. The molecule has 23 heavy (non-hydrogen) atoms. The second-order valence-corrected chi connectivity index (χ2v) is 6.54. The lowest BCUT2D eigenvalue weighted by Crippen LogP contribution is -2.50. The largest absolute Gasteiger partial charge is 0.377 e. The van der Waals surface area contributed by atoms with Crippen molar-refractivity contribution in [2.45, 2.75) is 26.8 Å². The third-order valence-corrected chi connectivity index (χ3v) is 4.20. The molecule has 1 aromatic heterocycles. The van der Waals surface area contributed by atoms with Gasteiger partial charge < -0.3 is 19.9 Å². The summed E-state index contributed by atoms with van der Waals surface area (Å²) in [5.74, 6) is 1.87. The molecule has 0 aromatic carbocycles. The Morgan fingerprint density at radius 3 is 2.52 bits per heavy atom. The number of anilines is 2. The second kappa shape index (κ2) is 6.70. The van der Waals surface area contributed by atoms with Gasteiger partial charge in [0.2, 0.25) is 11.9 Å². The molecular formula is C16H25N5O2. The monoisotopic (exact) mass is 319 g/mol. The molecule has 2 aliphatic rings. The Morgan fingerprint density at radius 1 is 1.26 bits per heavy atom. The third kappa shape index (κ3) is 3.72. The molecule has 0 spiro atoms. The maximum Gasteiger partial charge on any atom is 0.227 e.